The number of carbonyl (C=O) groups excluding carboxylic acids is 1. The summed E-state index contributed by atoms with van der Waals surface area (Å²) in [6.45, 7) is 6.79. The van der Waals surface area contributed by atoms with E-state index in [9.17, 15) is 9.90 Å². The monoisotopic (exact) mass is 316 g/mol. The topological polar surface area (TPSA) is 37.3 Å². The van der Waals surface area contributed by atoms with Gasteiger partial charge in [-0.2, -0.15) is 0 Å². The molecule has 0 aromatic carbocycles. The van der Waals surface area contributed by atoms with E-state index >= 15 is 0 Å². The maximum atomic E-state index is 12.3. The predicted octanol–water partition coefficient (Wildman–Crippen LogP) is 4.52. The van der Waals surface area contributed by atoms with Gasteiger partial charge in [0.1, 0.15) is 6.29 Å². The molecule has 2 nitrogen and oxygen atoms in total. The van der Waals surface area contributed by atoms with Crippen LogP contribution in [0.2, 0.25) is 0 Å². The lowest BCUT2D eigenvalue weighted by Crippen LogP contribution is -2.56. The number of hydrogen-bond donors (Lipinski definition) is 1. The number of carbonyl (C=O) groups is 1. The van der Waals surface area contributed by atoms with Crippen LogP contribution in [0.1, 0.15) is 72.1 Å². The van der Waals surface area contributed by atoms with E-state index in [1.165, 1.54) is 18.3 Å². The Morgan fingerprint density at radius 3 is 2.65 bits per heavy atom. The third-order valence-corrected chi connectivity index (χ3v) is 8.75. The fourth-order valence-electron chi connectivity index (χ4n) is 7.26. The van der Waals surface area contributed by atoms with Crippen molar-refractivity contribution in [2.24, 2.45) is 34.5 Å². The van der Waals surface area contributed by atoms with E-state index in [4.69, 9.17) is 0 Å². The third kappa shape index (κ3) is 1.88. The molecule has 0 spiro atoms. The van der Waals surface area contributed by atoms with Crippen molar-refractivity contribution < 1.29 is 9.90 Å². The Labute approximate surface area is 140 Å². The molecule has 1 N–H and O–H groups in total. The molecular weight excluding hydrogens is 284 g/mol. The molecule has 0 bridgehead atoms. The van der Waals surface area contributed by atoms with Gasteiger partial charge in [0.15, 0.2) is 0 Å². The second kappa shape index (κ2) is 4.94. The number of fused-ring (bicyclic) bond motifs is 5. The van der Waals surface area contributed by atoms with Crippen LogP contribution in [-0.2, 0) is 4.79 Å². The molecule has 0 radical (unpaired) electrons. The molecule has 0 heterocycles. The molecular formula is C21H32O2. The number of aldehydes is 1. The van der Waals surface area contributed by atoms with E-state index in [0.717, 1.165) is 44.9 Å². The van der Waals surface area contributed by atoms with Crippen LogP contribution >= 0.6 is 0 Å². The molecule has 0 aromatic heterocycles. The first-order valence-corrected chi connectivity index (χ1v) is 9.74. The first-order valence-electron chi connectivity index (χ1n) is 9.74. The zero-order chi connectivity index (χ0) is 16.5. The largest absolute Gasteiger partial charge is 0.390 e. The fourth-order valence-corrected chi connectivity index (χ4v) is 7.26. The predicted molar refractivity (Wildman–Crippen MR) is 91.9 cm³/mol. The van der Waals surface area contributed by atoms with Gasteiger partial charge in [-0.25, -0.2) is 0 Å². The van der Waals surface area contributed by atoms with Gasteiger partial charge in [0.25, 0.3) is 0 Å². The number of rotatable bonds is 1. The van der Waals surface area contributed by atoms with Gasteiger partial charge in [-0.1, -0.05) is 25.5 Å². The van der Waals surface area contributed by atoms with Gasteiger partial charge in [0, 0.05) is 5.41 Å². The summed E-state index contributed by atoms with van der Waals surface area (Å²) in [5, 5.41) is 11.0. The summed E-state index contributed by atoms with van der Waals surface area (Å²) in [6.07, 6.45) is 12.5. The number of allylic oxidation sites excluding steroid dienone is 2. The Bertz CT molecular complexity index is 548. The first-order chi connectivity index (χ1) is 10.9. The molecule has 0 amide bonds. The summed E-state index contributed by atoms with van der Waals surface area (Å²) in [7, 11) is 0. The van der Waals surface area contributed by atoms with Crippen molar-refractivity contribution in [1.29, 1.82) is 0 Å². The van der Waals surface area contributed by atoms with E-state index in [1.54, 1.807) is 0 Å². The average Bonchev–Trinajstić information content (AvgIpc) is 2.77. The molecule has 128 valence electrons. The van der Waals surface area contributed by atoms with E-state index < -0.39 is 5.60 Å². The van der Waals surface area contributed by atoms with Gasteiger partial charge in [0.2, 0.25) is 0 Å². The lowest BCUT2D eigenvalue weighted by Gasteiger charge is -2.60. The Morgan fingerprint density at radius 2 is 1.91 bits per heavy atom. The zero-order valence-electron chi connectivity index (χ0n) is 15.0. The average molecular weight is 316 g/mol. The number of aliphatic hydroxyl groups is 1. The maximum Gasteiger partial charge on any atom is 0.130 e. The second-order valence-corrected chi connectivity index (χ2v) is 9.52. The molecule has 3 fully saturated rings. The van der Waals surface area contributed by atoms with Crippen LogP contribution in [0.25, 0.3) is 0 Å². The minimum atomic E-state index is -0.528. The van der Waals surface area contributed by atoms with Crippen molar-refractivity contribution in [3.8, 4) is 0 Å². The van der Waals surface area contributed by atoms with Crippen LogP contribution in [0.15, 0.2) is 11.6 Å². The SMILES string of the molecule is CC1CC2=CCCC[C@]2(C=O)[C@@H]2CC[C@@]3(C)[C@@H](CCC3(C)O)[C@H]12. The Hall–Kier alpha value is -0.630. The summed E-state index contributed by atoms with van der Waals surface area (Å²) >= 11 is 0. The lowest BCUT2D eigenvalue weighted by molar-refractivity contribution is -0.143. The van der Waals surface area contributed by atoms with Crippen molar-refractivity contribution in [3.63, 3.8) is 0 Å². The van der Waals surface area contributed by atoms with E-state index in [-0.39, 0.29) is 10.8 Å². The van der Waals surface area contributed by atoms with Crippen LogP contribution < -0.4 is 0 Å². The molecule has 4 aliphatic carbocycles. The summed E-state index contributed by atoms with van der Waals surface area (Å²) in [5.74, 6) is 2.37. The van der Waals surface area contributed by atoms with Gasteiger partial charge in [0.05, 0.1) is 5.60 Å². The zero-order valence-corrected chi connectivity index (χ0v) is 15.0. The Morgan fingerprint density at radius 1 is 1.17 bits per heavy atom. The van der Waals surface area contributed by atoms with Gasteiger partial charge >= 0.3 is 0 Å². The minimum Gasteiger partial charge on any atom is -0.390 e. The highest BCUT2D eigenvalue weighted by atomic mass is 16.3. The van der Waals surface area contributed by atoms with Gasteiger partial charge < -0.3 is 9.90 Å². The normalized spacial score (nSPS) is 55.4. The summed E-state index contributed by atoms with van der Waals surface area (Å²) in [5.41, 5.74) is 0.813. The van der Waals surface area contributed by atoms with Gasteiger partial charge in [-0.05, 0) is 87.4 Å². The van der Waals surface area contributed by atoms with Crippen molar-refractivity contribution in [3.05, 3.63) is 11.6 Å². The molecule has 23 heavy (non-hydrogen) atoms. The molecule has 0 saturated heterocycles. The Kier molecular flexibility index (Phi) is 3.41. The molecule has 2 unspecified atom stereocenters. The highest BCUT2D eigenvalue weighted by Gasteiger charge is 2.64. The van der Waals surface area contributed by atoms with Crippen molar-refractivity contribution in [1.82, 2.24) is 0 Å². The maximum absolute atomic E-state index is 12.3. The van der Waals surface area contributed by atoms with Crippen LogP contribution in [0.3, 0.4) is 0 Å². The molecule has 0 aromatic rings. The van der Waals surface area contributed by atoms with E-state index in [2.05, 4.69) is 26.8 Å². The molecule has 7 atom stereocenters. The van der Waals surface area contributed by atoms with Crippen LogP contribution in [0.4, 0.5) is 0 Å². The summed E-state index contributed by atoms with van der Waals surface area (Å²) in [6, 6.07) is 0. The molecule has 4 rings (SSSR count). The minimum absolute atomic E-state index is 0.0440. The summed E-state index contributed by atoms with van der Waals surface area (Å²) < 4.78 is 0. The van der Waals surface area contributed by atoms with Crippen LogP contribution in [-0.4, -0.2) is 17.0 Å². The highest BCUT2D eigenvalue weighted by molar-refractivity contribution is 5.67. The van der Waals surface area contributed by atoms with Crippen molar-refractivity contribution in [2.45, 2.75) is 77.7 Å². The van der Waals surface area contributed by atoms with Gasteiger partial charge in [-0.3, -0.25) is 0 Å². The summed E-state index contributed by atoms with van der Waals surface area (Å²) in [4.78, 5) is 12.3. The quantitative estimate of drug-likeness (QED) is 0.570. The smallest absolute Gasteiger partial charge is 0.130 e. The van der Waals surface area contributed by atoms with E-state index in [1.807, 2.05) is 0 Å². The van der Waals surface area contributed by atoms with Crippen LogP contribution in [0.5, 0.6) is 0 Å². The van der Waals surface area contributed by atoms with Gasteiger partial charge in [-0.15, -0.1) is 0 Å². The van der Waals surface area contributed by atoms with Crippen molar-refractivity contribution in [2.75, 3.05) is 0 Å². The number of hydrogen-bond acceptors (Lipinski definition) is 2. The molecule has 2 heteroatoms. The molecule has 3 saturated carbocycles. The first kappa shape index (κ1) is 15.9. The fraction of sp³-hybridized carbons (Fsp3) is 0.857. The van der Waals surface area contributed by atoms with E-state index in [0.29, 0.717) is 23.7 Å². The standard InChI is InChI=1S/C21H32O2/c1-14-12-15-6-4-5-9-21(15,13-22)17-7-10-19(2)16(18(14)17)8-11-20(19,3)23/h6,13-14,16-18,23H,4-5,7-12H2,1-3H3/t14?,16-,17+,18-,19-,20?,21+/m0/s1. The lowest BCUT2D eigenvalue weighted by atomic mass is 9.44. The second-order valence-electron chi connectivity index (χ2n) is 9.52. The van der Waals surface area contributed by atoms with Crippen molar-refractivity contribution >= 4 is 6.29 Å². The highest BCUT2D eigenvalue weighted by Crippen LogP contribution is 2.68. The molecule has 4 aliphatic rings. The third-order valence-electron chi connectivity index (χ3n) is 8.75. The Balaban J connectivity index is 1.77. The van der Waals surface area contributed by atoms with Crippen LogP contribution in [0, 0.1) is 34.5 Å². The molecule has 0 aliphatic heterocycles.